The highest BCUT2D eigenvalue weighted by atomic mass is 35.5. The topological polar surface area (TPSA) is 63.2 Å². The molecule has 0 saturated heterocycles. The third kappa shape index (κ3) is 2.92. The first kappa shape index (κ1) is 14.0. The van der Waals surface area contributed by atoms with Gasteiger partial charge >= 0.3 is 0 Å². The lowest BCUT2D eigenvalue weighted by Crippen LogP contribution is -2.23. The fourth-order valence-electron chi connectivity index (χ4n) is 1.67. The second-order valence-corrected chi connectivity index (χ2v) is 4.38. The van der Waals surface area contributed by atoms with Crippen molar-refractivity contribution in [1.82, 2.24) is 0 Å². The van der Waals surface area contributed by atoms with E-state index in [-0.39, 0.29) is 21.8 Å². The predicted octanol–water partition coefficient (Wildman–Crippen LogP) is 2.97. The van der Waals surface area contributed by atoms with Crippen molar-refractivity contribution < 1.29 is 14.4 Å². The molecular weight excluding hydrogens is 278 g/mol. The Morgan fingerprint density at radius 3 is 2.35 bits per heavy atom. The van der Waals surface area contributed by atoms with E-state index in [0.29, 0.717) is 6.29 Å². The lowest BCUT2D eigenvalue weighted by Gasteiger charge is -2.08. The number of ketones is 1. The average Bonchev–Trinajstić information content (AvgIpc) is 2.47. The van der Waals surface area contributed by atoms with Crippen LogP contribution in [0.1, 0.15) is 20.7 Å². The van der Waals surface area contributed by atoms with Gasteiger partial charge in [-0.15, -0.1) is 0 Å². The summed E-state index contributed by atoms with van der Waals surface area (Å²) in [6, 6.07) is 12.8. The Morgan fingerprint density at radius 2 is 1.70 bits per heavy atom. The quantitative estimate of drug-likeness (QED) is 0.534. The van der Waals surface area contributed by atoms with Crippen molar-refractivity contribution in [1.29, 1.82) is 0 Å². The zero-order valence-electron chi connectivity index (χ0n) is 10.3. The van der Waals surface area contributed by atoms with Crippen LogP contribution in [0.2, 0.25) is 5.02 Å². The van der Waals surface area contributed by atoms with Gasteiger partial charge in [-0.2, -0.15) is 0 Å². The molecule has 0 bridgehead atoms. The van der Waals surface area contributed by atoms with Crippen molar-refractivity contribution in [3.63, 3.8) is 0 Å². The van der Waals surface area contributed by atoms with Gasteiger partial charge in [0.25, 0.3) is 11.7 Å². The summed E-state index contributed by atoms with van der Waals surface area (Å²) in [5, 5.41) is 2.61. The summed E-state index contributed by atoms with van der Waals surface area (Å²) in [6.07, 6.45) is 0.533. The summed E-state index contributed by atoms with van der Waals surface area (Å²) in [6.45, 7) is 0. The average molecular weight is 288 g/mol. The van der Waals surface area contributed by atoms with E-state index in [0.717, 1.165) is 0 Å². The molecule has 2 rings (SSSR count). The van der Waals surface area contributed by atoms with Crippen molar-refractivity contribution in [2.75, 3.05) is 5.32 Å². The maximum atomic E-state index is 11.9. The van der Waals surface area contributed by atoms with E-state index in [4.69, 9.17) is 11.6 Å². The number of Topliss-reactive ketones (excluding diaryl/α,β-unsaturated/α-hetero) is 1. The molecule has 0 saturated carbocycles. The highest BCUT2D eigenvalue weighted by Crippen LogP contribution is 2.22. The Hall–Kier alpha value is -2.46. The summed E-state index contributed by atoms with van der Waals surface area (Å²) < 4.78 is 0. The van der Waals surface area contributed by atoms with E-state index in [1.807, 2.05) is 0 Å². The Kier molecular flexibility index (Phi) is 4.27. The fraction of sp³-hybridized carbons (Fsp3) is 0. The number of hydrogen-bond donors (Lipinski definition) is 1. The van der Waals surface area contributed by atoms with Gasteiger partial charge < -0.3 is 5.32 Å². The van der Waals surface area contributed by atoms with Crippen LogP contribution in [0, 0.1) is 0 Å². The van der Waals surface area contributed by atoms with Crippen LogP contribution in [0.4, 0.5) is 5.69 Å². The van der Waals surface area contributed by atoms with Gasteiger partial charge in [0.1, 0.15) is 0 Å². The Balaban J connectivity index is 2.23. The van der Waals surface area contributed by atoms with E-state index in [1.54, 1.807) is 36.4 Å². The van der Waals surface area contributed by atoms with Gasteiger partial charge in [-0.05, 0) is 12.1 Å². The summed E-state index contributed by atoms with van der Waals surface area (Å²) in [7, 11) is 0. The van der Waals surface area contributed by atoms with Gasteiger partial charge in [-0.3, -0.25) is 14.4 Å². The number of rotatable bonds is 4. The SMILES string of the molecule is O=Cc1c(Cl)cccc1NC(=O)C(=O)c1ccccc1. The Morgan fingerprint density at radius 1 is 1.00 bits per heavy atom. The third-order valence-corrected chi connectivity index (χ3v) is 2.99. The first-order chi connectivity index (χ1) is 9.63. The predicted molar refractivity (Wildman–Crippen MR) is 76.2 cm³/mol. The van der Waals surface area contributed by atoms with Crippen LogP contribution in [0.3, 0.4) is 0 Å². The molecule has 0 heterocycles. The largest absolute Gasteiger partial charge is 0.318 e. The van der Waals surface area contributed by atoms with E-state index in [9.17, 15) is 14.4 Å². The maximum Gasteiger partial charge on any atom is 0.296 e. The number of anilines is 1. The van der Waals surface area contributed by atoms with Crippen molar-refractivity contribution in [2.45, 2.75) is 0 Å². The highest BCUT2D eigenvalue weighted by molar-refractivity contribution is 6.46. The van der Waals surface area contributed by atoms with Gasteiger partial charge in [-0.1, -0.05) is 48.0 Å². The second kappa shape index (κ2) is 6.12. The molecule has 0 radical (unpaired) electrons. The van der Waals surface area contributed by atoms with Crippen LogP contribution < -0.4 is 5.32 Å². The van der Waals surface area contributed by atoms with Crippen molar-refractivity contribution >= 4 is 35.3 Å². The molecule has 1 amide bonds. The number of halogens is 1. The van der Waals surface area contributed by atoms with Gasteiger partial charge in [0.05, 0.1) is 16.3 Å². The third-order valence-electron chi connectivity index (χ3n) is 2.66. The van der Waals surface area contributed by atoms with Crippen LogP contribution in [0.15, 0.2) is 48.5 Å². The first-order valence-electron chi connectivity index (χ1n) is 5.78. The molecule has 0 aliphatic rings. The molecule has 2 aromatic rings. The molecule has 0 aliphatic heterocycles. The van der Waals surface area contributed by atoms with Crippen molar-refractivity contribution in [3.8, 4) is 0 Å². The number of amides is 1. The molecule has 0 fully saturated rings. The van der Waals surface area contributed by atoms with Gasteiger partial charge in [0.2, 0.25) is 0 Å². The monoisotopic (exact) mass is 287 g/mol. The maximum absolute atomic E-state index is 11.9. The Labute approximate surface area is 120 Å². The minimum atomic E-state index is -0.818. The second-order valence-electron chi connectivity index (χ2n) is 3.97. The molecule has 1 N–H and O–H groups in total. The van der Waals surface area contributed by atoms with E-state index in [2.05, 4.69) is 5.32 Å². The zero-order valence-corrected chi connectivity index (χ0v) is 11.1. The molecule has 20 heavy (non-hydrogen) atoms. The molecule has 0 spiro atoms. The lowest BCUT2D eigenvalue weighted by molar-refractivity contribution is -0.112. The highest BCUT2D eigenvalue weighted by Gasteiger charge is 2.17. The van der Waals surface area contributed by atoms with Crippen LogP contribution in [0.5, 0.6) is 0 Å². The van der Waals surface area contributed by atoms with Gasteiger partial charge in [0.15, 0.2) is 6.29 Å². The molecule has 2 aromatic carbocycles. The van der Waals surface area contributed by atoms with E-state index < -0.39 is 11.7 Å². The van der Waals surface area contributed by atoms with E-state index >= 15 is 0 Å². The number of benzene rings is 2. The zero-order chi connectivity index (χ0) is 14.5. The number of hydrogen-bond acceptors (Lipinski definition) is 3. The summed E-state index contributed by atoms with van der Waals surface area (Å²) in [5.74, 6) is -1.50. The van der Waals surface area contributed by atoms with Crippen molar-refractivity contribution in [2.24, 2.45) is 0 Å². The molecule has 0 aliphatic carbocycles. The first-order valence-corrected chi connectivity index (χ1v) is 6.15. The number of nitrogens with one attached hydrogen (secondary N) is 1. The minimum Gasteiger partial charge on any atom is -0.318 e. The van der Waals surface area contributed by atoms with E-state index in [1.165, 1.54) is 12.1 Å². The molecule has 0 unspecified atom stereocenters. The molecule has 4 nitrogen and oxygen atoms in total. The van der Waals surface area contributed by atoms with Gasteiger partial charge in [0, 0.05) is 5.56 Å². The molecule has 5 heteroatoms. The number of carbonyl (C=O) groups is 3. The summed E-state index contributed by atoms with van der Waals surface area (Å²) in [4.78, 5) is 34.7. The molecule has 100 valence electrons. The van der Waals surface area contributed by atoms with Gasteiger partial charge in [-0.25, -0.2) is 0 Å². The van der Waals surface area contributed by atoms with Crippen LogP contribution in [-0.4, -0.2) is 18.0 Å². The van der Waals surface area contributed by atoms with Crippen LogP contribution >= 0.6 is 11.6 Å². The summed E-state index contributed by atoms with van der Waals surface area (Å²) >= 11 is 5.84. The smallest absolute Gasteiger partial charge is 0.296 e. The van der Waals surface area contributed by atoms with Crippen LogP contribution in [-0.2, 0) is 4.79 Å². The standard InChI is InChI=1S/C15H10ClNO3/c16-12-7-4-8-13(11(12)9-18)17-15(20)14(19)10-5-2-1-3-6-10/h1-9H,(H,17,20). The number of aldehydes is 1. The summed E-state index contributed by atoms with van der Waals surface area (Å²) in [5.41, 5.74) is 0.629. The minimum absolute atomic E-state index is 0.142. The fourth-order valence-corrected chi connectivity index (χ4v) is 1.88. The Bertz CT molecular complexity index is 668. The molecule has 0 aromatic heterocycles. The number of carbonyl (C=O) groups excluding carboxylic acids is 3. The van der Waals surface area contributed by atoms with Crippen LogP contribution in [0.25, 0.3) is 0 Å². The van der Waals surface area contributed by atoms with Crippen molar-refractivity contribution in [3.05, 3.63) is 64.7 Å². The molecular formula is C15H10ClNO3. The normalized spacial score (nSPS) is 9.85. The molecule has 0 atom stereocenters. The lowest BCUT2D eigenvalue weighted by atomic mass is 10.1.